The number of rotatable bonds is 1. The smallest absolute Gasteiger partial charge is 0.296 e. The van der Waals surface area contributed by atoms with Gasteiger partial charge in [0.05, 0.1) is 7.11 Å². The van der Waals surface area contributed by atoms with Gasteiger partial charge in [-0.15, -0.1) is 0 Å². The standard InChI is InChI=1S/C6H7NO4/c1-11-4-2-3(8)5(9)6(10)7-4/h2,9H,1H3,(H2,7,8,10). The summed E-state index contributed by atoms with van der Waals surface area (Å²) in [7, 11) is 1.34. The first-order chi connectivity index (χ1) is 5.15. The molecule has 0 amide bonds. The zero-order chi connectivity index (χ0) is 8.43. The fourth-order valence-electron chi connectivity index (χ4n) is 0.626. The van der Waals surface area contributed by atoms with E-state index in [0.29, 0.717) is 0 Å². The molecule has 0 spiro atoms. The maximum Gasteiger partial charge on any atom is 0.296 e. The van der Waals surface area contributed by atoms with E-state index >= 15 is 0 Å². The molecule has 1 aromatic heterocycles. The zero-order valence-corrected chi connectivity index (χ0v) is 5.79. The Morgan fingerprint density at radius 1 is 1.55 bits per heavy atom. The highest BCUT2D eigenvalue weighted by molar-refractivity contribution is 5.38. The van der Waals surface area contributed by atoms with E-state index in [-0.39, 0.29) is 5.88 Å². The van der Waals surface area contributed by atoms with Gasteiger partial charge in [-0.25, -0.2) is 0 Å². The second-order valence-electron chi connectivity index (χ2n) is 1.90. The van der Waals surface area contributed by atoms with E-state index in [4.69, 9.17) is 10.2 Å². The number of ether oxygens (including phenoxy) is 1. The molecular weight excluding hydrogens is 150 g/mol. The molecule has 0 unspecified atom stereocenters. The number of methoxy groups -OCH3 is 1. The normalized spacial score (nSPS) is 9.55. The van der Waals surface area contributed by atoms with Crippen molar-refractivity contribution in [1.82, 2.24) is 4.98 Å². The second kappa shape index (κ2) is 2.53. The highest BCUT2D eigenvalue weighted by atomic mass is 16.5. The molecule has 0 aliphatic rings. The van der Waals surface area contributed by atoms with Crippen LogP contribution in [0.3, 0.4) is 0 Å². The van der Waals surface area contributed by atoms with Gasteiger partial charge < -0.3 is 14.9 Å². The molecule has 0 saturated heterocycles. The summed E-state index contributed by atoms with van der Waals surface area (Å²) in [5.41, 5.74) is -0.776. The van der Waals surface area contributed by atoms with Gasteiger partial charge in [-0.05, 0) is 0 Å². The lowest BCUT2D eigenvalue weighted by atomic mass is 10.4. The lowest BCUT2D eigenvalue weighted by molar-refractivity contribution is 0.369. The van der Waals surface area contributed by atoms with Crippen LogP contribution >= 0.6 is 0 Å². The van der Waals surface area contributed by atoms with Gasteiger partial charge in [0.25, 0.3) is 5.56 Å². The van der Waals surface area contributed by atoms with E-state index in [9.17, 15) is 4.79 Å². The van der Waals surface area contributed by atoms with Gasteiger partial charge in [-0.3, -0.25) is 9.78 Å². The SMILES string of the molecule is COc1cc(O)c(O)c(=O)[nH]1. The van der Waals surface area contributed by atoms with Crippen LogP contribution < -0.4 is 10.3 Å². The van der Waals surface area contributed by atoms with Crippen molar-refractivity contribution in [3.63, 3.8) is 0 Å². The van der Waals surface area contributed by atoms with E-state index in [0.717, 1.165) is 6.07 Å². The van der Waals surface area contributed by atoms with E-state index in [1.807, 2.05) is 0 Å². The highest BCUT2D eigenvalue weighted by Crippen LogP contribution is 2.21. The van der Waals surface area contributed by atoms with Crippen molar-refractivity contribution in [3.05, 3.63) is 16.4 Å². The molecule has 0 bridgehead atoms. The van der Waals surface area contributed by atoms with Crippen LogP contribution in [0.2, 0.25) is 0 Å². The number of nitrogens with one attached hydrogen (secondary N) is 1. The van der Waals surface area contributed by atoms with E-state index in [1.54, 1.807) is 0 Å². The Morgan fingerprint density at radius 2 is 2.18 bits per heavy atom. The third-order valence-corrected chi connectivity index (χ3v) is 1.18. The molecule has 1 rings (SSSR count). The predicted octanol–water partition coefficient (Wildman–Crippen LogP) is -0.205. The lowest BCUT2D eigenvalue weighted by Gasteiger charge is -1.99. The van der Waals surface area contributed by atoms with Crippen molar-refractivity contribution < 1.29 is 14.9 Å². The molecule has 0 radical (unpaired) electrons. The molecule has 11 heavy (non-hydrogen) atoms. The molecular formula is C6H7NO4. The fraction of sp³-hybridized carbons (Fsp3) is 0.167. The number of aromatic hydroxyl groups is 2. The molecule has 5 nitrogen and oxygen atoms in total. The van der Waals surface area contributed by atoms with Crippen LogP contribution in [0, 0.1) is 0 Å². The van der Waals surface area contributed by atoms with E-state index < -0.39 is 17.1 Å². The first-order valence-electron chi connectivity index (χ1n) is 2.84. The van der Waals surface area contributed by atoms with Crippen LogP contribution in [0.5, 0.6) is 17.4 Å². The summed E-state index contributed by atoms with van der Waals surface area (Å²) in [5.74, 6) is -1.10. The molecule has 0 aromatic carbocycles. The molecule has 0 fully saturated rings. The summed E-state index contributed by atoms with van der Waals surface area (Å²) in [5, 5.41) is 17.6. The van der Waals surface area contributed by atoms with Gasteiger partial charge in [0.15, 0.2) is 11.6 Å². The summed E-state index contributed by atoms with van der Waals surface area (Å²) >= 11 is 0. The minimum Gasteiger partial charge on any atom is -0.504 e. The van der Waals surface area contributed by atoms with Crippen molar-refractivity contribution in [2.45, 2.75) is 0 Å². The van der Waals surface area contributed by atoms with Crippen molar-refractivity contribution in [2.75, 3.05) is 7.11 Å². The Balaban J connectivity index is 3.32. The van der Waals surface area contributed by atoms with Gasteiger partial charge in [0.2, 0.25) is 5.75 Å². The Hall–Kier alpha value is -1.65. The zero-order valence-electron chi connectivity index (χ0n) is 5.79. The molecule has 0 aliphatic heterocycles. The van der Waals surface area contributed by atoms with Gasteiger partial charge in [0.1, 0.15) is 0 Å². The highest BCUT2D eigenvalue weighted by Gasteiger charge is 2.05. The molecule has 1 aromatic rings. The van der Waals surface area contributed by atoms with Crippen LogP contribution in [0.4, 0.5) is 0 Å². The number of aromatic amines is 1. The fourth-order valence-corrected chi connectivity index (χ4v) is 0.626. The number of H-pyrrole nitrogens is 1. The molecule has 0 saturated carbocycles. The summed E-state index contributed by atoms with van der Waals surface area (Å²) < 4.78 is 4.60. The second-order valence-corrected chi connectivity index (χ2v) is 1.90. The summed E-state index contributed by atoms with van der Waals surface area (Å²) in [6.07, 6.45) is 0. The van der Waals surface area contributed by atoms with Crippen LogP contribution in [0.25, 0.3) is 0 Å². The minimum absolute atomic E-state index is 0.102. The molecule has 0 aliphatic carbocycles. The van der Waals surface area contributed by atoms with Crippen molar-refractivity contribution >= 4 is 0 Å². The Kier molecular flexibility index (Phi) is 1.72. The van der Waals surface area contributed by atoms with Crippen molar-refractivity contribution in [3.8, 4) is 17.4 Å². The Labute approximate surface area is 61.9 Å². The Bertz CT molecular complexity index is 317. The van der Waals surface area contributed by atoms with E-state index in [1.165, 1.54) is 7.11 Å². The molecule has 3 N–H and O–H groups in total. The molecule has 0 atom stereocenters. The van der Waals surface area contributed by atoms with Gasteiger partial charge in [0, 0.05) is 6.07 Å². The lowest BCUT2D eigenvalue weighted by Crippen LogP contribution is -2.05. The van der Waals surface area contributed by atoms with Crippen molar-refractivity contribution in [1.29, 1.82) is 0 Å². The van der Waals surface area contributed by atoms with Crippen LogP contribution in [0.1, 0.15) is 0 Å². The maximum atomic E-state index is 10.7. The third kappa shape index (κ3) is 1.26. The number of hydrogen-bond donors (Lipinski definition) is 3. The maximum absolute atomic E-state index is 10.7. The van der Waals surface area contributed by atoms with Gasteiger partial charge >= 0.3 is 0 Å². The average molecular weight is 157 g/mol. The van der Waals surface area contributed by atoms with Crippen LogP contribution in [-0.2, 0) is 0 Å². The van der Waals surface area contributed by atoms with Crippen LogP contribution in [-0.4, -0.2) is 22.3 Å². The molecule has 1 heterocycles. The molecule has 5 heteroatoms. The third-order valence-electron chi connectivity index (χ3n) is 1.18. The topological polar surface area (TPSA) is 82.5 Å². The minimum atomic E-state index is -0.776. The first kappa shape index (κ1) is 7.46. The van der Waals surface area contributed by atoms with E-state index in [2.05, 4.69) is 9.72 Å². The van der Waals surface area contributed by atoms with Gasteiger partial charge in [-0.1, -0.05) is 0 Å². The predicted molar refractivity (Wildman–Crippen MR) is 36.9 cm³/mol. The monoisotopic (exact) mass is 157 g/mol. The number of aromatic nitrogens is 1. The summed E-state index contributed by atoms with van der Waals surface area (Å²) in [4.78, 5) is 12.9. The first-order valence-corrected chi connectivity index (χ1v) is 2.84. The largest absolute Gasteiger partial charge is 0.504 e. The quantitative estimate of drug-likeness (QED) is 0.527. The number of pyridine rings is 1. The van der Waals surface area contributed by atoms with Crippen molar-refractivity contribution in [2.24, 2.45) is 0 Å². The van der Waals surface area contributed by atoms with Gasteiger partial charge in [-0.2, -0.15) is 0 Å². The average Bonchev–Trinajstić information content (AvgIpc) is 1.99. The summed E-state index contributed by atoms with van der Waals surface area (Å²) in [6, 6.07) is 1.11. The van der Waals surface area contributed by atoms with Crippen LogP contribution in [0.15, 0.2) is 10.9 Å². The Morgan fingerprint density at radius 3 is 2.64 bits per heavy atom. The summed E-state index contributed by atoms with van der Waals surface area (Å²) in [6.45, 7) is 0. The molecule has 60 valence electrons. The number of hydrogen-bond acceptors (Lipinski definition) is 4.